The van der Waals surface area contributed by atoms with Gasteiger partial charge in [-0.15, -0.1) is 0 Å². The molecular formula is C33H58F2N2O2. The van der Waals surface area contributed by atoms with E-state index in [-0.39, 0.29) is 12.1 Å². The second-order valence-electron chi connectivity index (χ2n) is 11.5. The van der Waals surface area contributed by atoms with Gasteiger partial charge in [-0.25, -0.2) is 8.78 Å². The van der Waals surface area contributed by atoms with Crippen molar-refractivity contribution in [1.29, 1.82) is 0 Å². The van der Waals surface area contributed by atoms with E-state index in [0.29, 0.717) is 32.1 Å². The van der Waals surface area contributed by atoms with Crippen molar-refractivity contribution in [3.63, 3.8) is 0 Å². The van der Waals surface area contributed by atoms with Crippen molar-refractivity contribution in [2.45, 2.75) is 174 Å². The molecule has 1 saturated carbocycles. The van der Waals surface area contributed by atoms with Crippen LogP contribution in [0.25, 0.3) is 0 Å². The summed E-state index contributed by atoms with van der Waals surface area (Å²) in [5.74, 6) is -2.83. The van der Waals surface area contributed by atoms with Crippen LogP contribution in [0.1, 0.15) is 162 Å². The maximum Gasteiger partial charge on any atom is 0.279 e. The first kappa shape index (κ1) is 35.3. The van der Waals surface area contributed by atoms with Crippen LogP contribution in [0.2, 0.25) is 0 Å². The van der Waals surface area contributed by atoms with Crippen LogP contribution in [-0.4, -0.2) is 23.9 Å². The van der Waals surface area contributed by atoms with E-state index in [9.17, 15) is 18.4 Å². The molecule has 39 heavy (non-hydrogen) atoms. The van der Waals surface area contributed by atoms with Gasteiger partial charge in [0.25, 0.3) is 11.8 Å². The molecule has 0 aromatic rings. The average Bonchev–Trinajstić information content (AvgIpc) is 3.36. The lowest BCUT2D eigenvalue weighted by Crippen LogP contribution is -2.37. The van der Waals surface area contributed by atoms with E-state index in [1.165, 1.54) is 89.2 Å². The summed E-state index contributed by atoms with van der Waals surface area (Å²) in [6.45, 7) is 4.44. The average molecular weight is 553 g/mol. The third-order valence-electron chi connectivity index (χ3n) is 7.80. The quantitative estimate of drug-likeness (QED) is 0.0925. The van der Waals surface area contributed by atoms with Gasteiger partial charge in [0, 0.05) is 12.1 Å². The third-order valence-corrected chi connectivity index (χ3v) is 7.80. The van der Waals surface area contributed by atoms with Gasteiger partial charge in [0.15, 0.2) is 11.7 Å². The molecule has 0 spiro atoms. The molecule has 0 aromatic heterocycles. The van der Waals surface area contributed by atoms with Gasteiger partial charge in [-0.3, -0.25) is 9.59 Å². The summed E-state index contributed by atoms with van der Waals surface area (Å²) in [7, 11) is 0. The monoisotopic (exact) mass is 552 g/mol. The van der Waals surface area contributed by atoms with E-state index in [1.54, 1.807) is 0 Å². The predicted molar refractivity (Wildman–Crippen MR) is 160 cm³/mol. The summed E-state index contributed by atoms with van der Waals surface area (Å²) in [5, 5.41) is 5.45. The molecule has 0 aromatic carbocycles. The zero-order valence-electron chi connectivity index (χ0n) is 25.1. The van der Waals surface area contributed by atoms with Gasteiger partial charge < -0.3 is 10.6 Å². The molecule has 226 valence electrons. The molecule has 1 fully saturated rings. The molecule has 2 amide bonds. The Balaban J connectivity index is 2.13. The number of carbonyl (C=O) groups is 2. The number of unbranched alkanes of at least 4 members (excludes halogenated alkanes) is 18. The second kappa shape index (κ2) is 24.1. The topological polar surface area (TPSA) is 58.2 Å². The Hall–Kier alpha value is -1.72. The van der Waals surface area contributed by atoms with E-state index in [2.05, 4.69) is 24.5 Å². The van der Waals surface area contributed by atoms with Crippen LogP contribution in [0.3, 0.4) is 0 Å². The van der Waals surface area contributed by atoms with Crippen molar-refractivity contribution in [2.75, 3.05) is 0 Å². The lowest BCUT2D eigenvalue weighted by molar-refractivity contribution is -0.119. The lowest BCUT2D eigenvalue weighted by atomic mass is 10.1. The zero-order chi connectivity index (χ0) is 28.6. The first-order valence-corrected chi connectivity index (χ1v) is 16.3. The van der Waals surface area contributed by atoms with E-state index in [1.807, 2.05) is 0 Å². The number of amides is 2. The molecule has 0 bridgehead atoms. The third kappa shape index (κ3) is 19.1. The highest BCUT2D eigenvalue weighted by molar-refractivity contribution is 5.92. The van der Waals surface area contributed by atoms with Crippen LogP contribution in [-0.2, 0) is 9.59 Å². The fraction of sp³-hybridized carbons (Fsp3) is 0.818. The predicted octanol–water partition coefficient (Wildman–Crippen LogP) is 9.69. The standard InChI is InChI=1S/C33H58F2N2O2/c1-3-5-7-9-11-13-15-17-19-21-23-30(34)32(38)36-28-25-26-29(27-28)37-33(39)31(35)24-22-20-18-16-14-12-10-8-6-4-2/h23-24,28-29H,3-22,25-27H2,1-2H3,(H,36,38)(H,37,39)/b30-23-,31-24-/t28-,29+. The SMILES string of the molecule is CCCCCCCCCCC/C=C(\F)C(=O)N[C@@H]1CC[C@H](NC(=O)/C(F)=C/CCCCCCCCCCC)C1. The molecule has 0 radical (unpaired) electrons. The minimum absolute atomic E-state index is 0.205. The molecule has 2 atom stereocenters. The first-order valence-electron chi connectivity index (χ1n) is 16.3. The van der Waals surface area contributed by atoms with Gasteiger partial charge in [-0.1, -0.05) is 117 Å². The summed E-state index contributed by atoms with van der Waals surface area (Å²) in [4.78, 5) is 24.4. The first-order chi connectivity index (χ1) is 19.0. The van der Waals surface area contributed by atoms with E-state index >= 15 is 0 Å². The minimum atomic E-state index is -0.729. The van der Waals surface area contributed by atoms with Crippen LogP contribution in [0.15, 0.2) is 23.8 Å². The Kier molecular flexibility index (Phi) is 21.8. The Labute approximate surface area is 238 Å². The van der Waals surface area contributed by atoms with Crippen LogP contribution < -0.4 is 10.6 Å². The second-order valence-corrected chi connectivity index (χ2v) is 11.5. The van der Waals surface area contributed by atoms with Crippen molar-refractivity contribution in [3.8, 4) is 0 Å². The van der Waals surface area contributed by atoms with Crippen molar-refractivity contribution >= 4 is 11.8 Å². The Bertz CT molecular complexity index is 650. The summed E-state index contributed by atoms with van der Waals surface area (Å²) in [5.41, 5.74) is 0. The fourth-order valence-corrected chi connectivity index (χ4v) is 5.31. The highest BCUT2D eigenvalue weighted by atomic mass is 19.1. The molecule has 1 rings (SSSR count). The van der Waals surface area contributed by atoms with Crippen LogP contribution >= 0.6 is 0 Å². The molecule has 0 heterocycles. The maximum atomic E-state index is 14.2. The smallest absolute Gasteiger partial charge is 0.279 e. The normalized spacial score (nSPS) is 17.9. The van der Waals surface area contributed by atoms with Crippen molar-refractivity contribution in [2.24, 2.45) is 0 Å². The van der Waals surface area contributed by atoms with Crippen LogP contribution in [0.5, 0.6) is 0 Å². The Morgan fingerprint density at radius 1 is 0.564 bits per heavy atom. The summed E-state index contributed by atoms with van der Waals surface area (Å²) >= 11 is 0. The molecule has 2 N–H and O–H groups in total. The van der Waals surface area contributed by atoms with Crippen LogP contribution in [0.4, 0.5) is 8.78 Å². The molecule has 1 aliphatic carbocycles. The highest BCUT2D eigenvalue weighted by Gasteiger charge is 2.28. The molecule has 0 unspecified atom stereocenters. The Morgan fingerprint density at radius 2 is 0.872 bits per heavy atom. The van der Waals surface area contributed by atoms with E-state index in [0.717, 1.165) is 38.5 Å². The molecule has 0 saturated heterocycles. The number of hydrogen-bond donors (Lipinski definition) is 2. The molecular weight excluding hydrogens is 494 g/mol. The van der Waals surface area contributed by atoms with E-state index < -0.39 is 23.5 Å². The van der Waals surface area contributed by atoms with Gasteiger partial charge in [0.1, 0.15) is 0 Å². The molecule has 6 heteroatoms. The van der Waals surface area contributed by atoms with E-state index in [4.69, 9.17) is 0 Å². The highest BCUT2D eigenvalue weighted by Crippen LogP contribution is 2.21. The van der Waals surface area contributed by atoms with Crippen molar-refractivity contribution in [3.05, 3.63) is 23.8 Å². The lowest BCUT2D eigenvalue weighted by Gasteiger charge is -2.14. The number of hydrogen-bond acceptors (Lipinski definition) is 2. The van der Waals surface area contributed by atoms with Gasteiger partial charge in [-0.2, -0.15) is 0 Å². The zero-order valence-corrected chi connectivity index (χ0v) is 25.1. The summed E-state index contributed by atoms with van der Waals surface area (Å²) in [6.07, 6.45) is 27.4. The Morgan fingerprint density at radius 3 is 1.21 bits per heavy atom. The van der Waals surface area contributed by atoms with Gasteiger partial charge in [-0.05, 0) is 57.1 Å². The van der Waals surface area contributed by atoms with Gasteiger partial charge in [0.05, 0.1) is 0 Å². The van der Waals surface area contributed by atoms with Crippen LogP contribution in [0, 0.1) is 0 Å². The largest absolute Gasteiger partial charge is 0.347 e. The number of halogens is 2. The molecule has 0 aliphatic heterocycles. The summed E-state index contributed by atoms with van der Waals surface area (Å²) < 4.78 is 28.4. The number of rotatable bonds is 24. The van der Waals surface area contributed by atoms with Crippen molar-refractivity contribution in [1.82, 2.24) is 10.6 Å². The minimum Gasteiger partial charge on any atom is -0.347 e. The number of nitrogens with one attached hydrogen (secondary N) is 2. The van der Waals surface area contributed by atoms with Gasteiger partial charge >= 0.3 is 0 Å². The van der Waals surface area contributed by atoms with Gasteiger partial charge in [0.2, 0.25) is 0 Å². The number of carbonyl (C=O) groups excluding carboxylic acids is 2. The van der Waals surface area contributed by atoms with Crippen molar-refractivity contribution < 1.29 is 18.4 Å². The molecule has 1 aliphatic rings. The summed E-state index contributed by atoms with van der Waals surface area (Å²) in [6, 6.07) is -0.410. The number of allylic oxidation sites excluding steroid dienone is 2. The molecule has 4 nitrogen and oxygen atoms in total. The maximum absolute atomic E-state index is 14.2. The fourth-order valence-electron chi connectivity index (χ4n) is 5.31.